The summed E-state index contributed by atoms with van der Waals surface area (Å²) in [7, 11) is 1.34. The minimum absolute atomic E-state index is 0.246. The summed E-state index contributed by atoms with van der Waals surface area (Å²) < 4.78 is 14.7. The third-order valence-corrected chi connectivity index (χ3v) is 2.68. The first-order valence-electron chi connectivity index (χ1n) is 3.59. The van der Waals surface area contributed by atoms with Gasteiger partial charge < -0.3 is 13.6 Å². The monoisotopic (exact) mass is 190 g/mol. The third-order valence-electron chi connectivity index (χ3n) is 1.19. The fourth-order valence-corrected chi connectivity index (χ4v) is 1.33. The fraction of sp³-hybridized carbons (Fsp3) is 0.571. The molecule has 0 spiro atoms. The van der Waals surface area contributed by atoms with Gasteiger partial charge in [-0.3, -0.25) is 0 Å². The molecule has 0 saturated carbocycles. The van der Waals surface area contributed by atoms with Crippen LogP contribution in [0.4, 0.5) is 0 Å². The Bertz CT molecular complexity index is 153. The van der Waals surface area contributed by atoms with Crippen LogP contribution in [0.5, 0.6) is 0 Å². The summed E-state index contributed by atoms with van der Waals surface area (Å²) in [6.07, 6.45) is 3.23. The van der Waals surface area contributed by atoms with Gasteiger partial charge in [-0.2, -0.15) is 0 Å². The zero-order valence-corrected chi connectivity index (χ0v) is 8.73. The van der Waals surface area contributed by atoms with Gasteiger partial charge in [0.25, 0.3) is 0 Å². The maximum absolute atomic E-state index is 10.8. The molecule has 0 unspecified atom stereocenters. The quantitative estimate of drug-likeness (QED) is 0.352. The van der Waals surface area contributed by atoms with Gasteiger partial charge in [-0.05, 0) is 6.92 Å². The van der Waals surface area contributed by atoms with E-state index >= 15 is 0 Å². The Hall–Kier alpha value is -0.653. The maximum Gasteiger partial charge on any atom is 0.360 e. The van der Waals surface area contributed by atoms with E-state index in [0.29, 0.717) is 0 Å². The topological polar surface area (TPSA) is 44.8 Å². The number of allylic oxidation sites excluding steroid dienone is 1. The number of hydrogen-bond acceptors (Lipinski definition) is 4. The summed E-state index contributed by atoms with van der Waals surface area (Å²) in [5.74, 6) is -0.357. The molecule has 0 radical (unpaired) electrons. The zero-order chi connectivity index (χ0) is 9.40. The molecule has 0 rings (SSSR count). The lowest BCUT2D eigenvalue weighted by molar-refractivity contribution is -0.136. The van der Waals surface area contributed by atoms with Crippen molar-refractivity contribution < 1.29 is 18.4 Å². The number of carbonyl (C=O) groups is 1. The minimum Gasteiger partial charge on any atom is -0.461 e. The molecule has 0 aromatic heterocycles. The first-order chi connectivity index (χ1) is 5.74. The Morgan fingerprint density at radius 1 is 1.42 bits per heavy atom. The summed E-state index contributed by atoms with van der Waals surface area (Å²) in [5.41, 5.74) is 0. The summed E-state index contributed by atoms with van der Waals surface area (Å²) in [4.78, 5) is 10.8. The third kappa shape index (κ3) is 5.06. The predicted molar refractivity (Wildman–Crippen MR) is 46.9 cm³/mol. The van der Waals surface area contributed by atoms with Crippen LogP contribution in [0.2, 0.25) is 0 Å². The summed E-state index contributed by atoms with van der Waals surface area (Å²) in [6, 6.07) is 0. The lowest BCUT2D eigenvalue weighted by atomic mass is 10.5. The van der Waals surface area contributed by atoms with Crippen molar-refractivity contribution >= 4 is 15.3 Å². The lowest BCUT2D eigenvalue weighted by Crippen LogP contribution is -2.27. The standard InChI is InChI=1S/C7H14O4Si/c1-4-5-7(8)11-6-12(9-2)10-3/h4-5,12H,6H2,1-3H3. The van der Waals surface area contributed by atoms with Gasteiger partial charge in [0.05, 0.1) is 0 Å². The molecule has 0 fully saturated rings. The number of rotatable bonds is 5. The Balaban J connectivity index is 3.58. The molecule has 0 heterocycles. The van der Waals surface area contributed by atoms with Gasteiger partial charge in [-0.15, -0.1) is 0 Å². The van der Waals surface area contributed by atoms with Crippen molar-refractivity contribution in [1.82, 2.24) is 0 Å². The van der Waals surface area contributed by atoms with Gasteiger partial charge >= 0.3 is 15.3 Å². The van der Waals surface area contributed by atoms with E-state index in [1.54, 1.807) is 27.2 Å². The SMILES string of the molecule is CC=CC(=O)OC[SiH](OC)OC. The molecule has 12 heavy (non-hydrogen) atoms. The predicted octanol–water partition coefficient (Wildman–Crippen LogP) is 0.158. The van der Waals surface area contributed by atoms with Gasteiger partial charge in [-0.25, -0.2) is 4.79 Å². The molecule has 0 amide bonds. The minimum atomic E-state index is -1.75. The molecule has 5 heteroatoms. The molecule has 0 bridgehead atoms. The number of esters is 1. The summed E-state index contributed by atoms with van der Waals surface area (Å²) in [5, 5.41) is 0. The Kier molecular flexibility index (Phi) is 6.64. The lowest BCUT2D eigenvalue weighted by Gasteiger charge is -2.09. The second-order valence-electron chi connectivity index (χ2n) is 2.03. The zero-order valence-electron chi connectivity index (χ0n) is 7.57. The van der Waals surface area contributed by atoms with Crippen molar-refractivity contribution in [3.8, 4) is 0 Å². The molecule has 0 aromatic carbocycles. The highest BCUT2D eigenvalue weighted by atomic mass is 28.3. The molecule has 70 valence electrons. The fourth-order valence-electron chi connectivity index (χ4n) is 0.567. The highest BCUT2D eigenvalue weighted by Gasteiger charge is 2.11. The smallest absolute Gasteiger partial charge is 0.360 e. The molecule has 0 saturated heterocycles. The van der Waals surface area contributed by atoms with Crippen molar-refractivity contribution in [3.05, 3.63) is 12.2 Å². The molecular formula is C7H14O4Si. The van der Waals surface area contributed by atoms with Crippen LogP contribution in [0.25, 0.3) is 0 Å². The average Bonchev–Trinajstić information content (AvgIpc) is 2.07. The molecular weight excluding hydrogens is 176 g/mol. The van der Waals surface area contributed by atoms with Crippen molar-refractivity contribution in [1.29, 1.82) is 0 Å². The largest absolute Gasteiger partial charge is 0.461 e. The first kappa shape index (κ1) is 11.3. The van der Waals surface area contributed by atoms with Gasteiger partial charge in [0.2, 0.25) is 0 Å². The van der Waals surface area contributed by atoms with Crippen molar-refractivity contribution in [2.24, 2.45) is 0 Å². The molecule has 0 N–H and O–H groups in total. The van der Waals surface area contributed by atoms with E-state index in [1.807, 2.05) is 0 Å². The number of ether oxygens (including phenoxy) is 1. The van der Waals surface area contributed by atoms with E-state index < -0.39 is 9.28 Å². The van der Waals surface area contributed by atoms with Crippen molar-refractivity contribution in [3.63, 3.8) is 0 Å². The normalized spacial score (nSPS) is 11.0. The molecule has 0 aliphatic heterocycles. The van der Waals surface area contributed by atoms with E-state index in [2.05, 4.69) is 0 Å². The van der Waals surface area contributed by atoms with Gasteiger partial charge in [0.1, 0.15) is 6.23 Å². The average molecular weight is 190 g/mol. The second-order valence-corrected chi connectivity index (χ2v) is 4.17. The van der Waals surface area contributed by atoms with E-state index in [-0.39, 0.29) is 12.2 Å². The second kappa shape index (κ2) is 7.02. The van der Waals surface area contributed by atoms with Gasteiger partial charge in [0.15, 0.2) is 0 Å². The van der Waals surface area contributed by atoms with Crippen LogP contribution in [0.3, 0.4) is 0 Å². The maximum atomic E-state index is 10.8. The molecule has 0 aromatic rings. The van der Waals surface area contributed by atoms with E-state index in [4.69, 9.17) is 13.6 Å². The molecule has 0 aliphatic carbocycles. The Morgan fingerprint density at radius 3 is 2.42 bits per heavy atom. The van der Waals surface area contributed by atoms with Crippen LogP contribution in [0, 0.1) is 0 Å². The Morgan fingerprint density at radius 2 is 2.00 bits per heavy atom. The van der Waals surface area contributed by atoms with Crippen molar-refractivity contribution in [2.45, 2.75) is 6.92 Å². The molecule has 0 aliphatic rings. The van der Waals surface area contributed by atoms with E-state index in [1.165, 1.54) is 6.08 Å². The number of carbonyl (C=O) groups excluding carboxylic acids is 1. The molecule has 4 nitrogen and oxygen atoms in total. The van der Waals surface area contributed by atoms with Crippen LogP contribution >= 0.6 is 0 Å². The van der Waals surface area contributed by atoms with Crippen LogP contribution in [0.15, 0.2) is 12.2 Å². The van der Waals surface area contributed by atoms with Gasteiger partial charge in [-0.1, -0.05) is 6.08 Å². The van der Waals surface area contributed by atoms with Crippen LogP contribution in [-0.2, 0) is 18.4 Å². The number of hydrogen-bond donors (Lipinski definition) is 0. The van der Waals surface area contributed by atoms with Crippen molar-refractivity contribution in [2.75, 3.05) is 20.4 Å². The highest BCUT2D eigenvalue weighted by Crippen LogP contribution is 1.88. The van der Waals surface area contributed by atoms with E-state index in [0.717, 1.165) is 0 Å². The summed E-state index contributed by atoms with van der Waals surface area (Å²) in [6.45, 7) is 1.75. The molecule has 0 atom stereocenters. The Labute approximate surface area is 74.0 Å². The summed E-state index contributed by atoms with van der Waals surface area (Å²) >= 11 is 0. The van der Waals surface area contributed by atoms with Crippen LogP contribution in [0.1, 0.15) is 6.92 Å². The first-order valence-corrected chi connectivity index (χ1v) is 5.35. The van der Waals surface area contributed by atoms with Gasteiger partial charge in [0, 0.05) is 20.3 Å². The highest BCUT2D eigenvalue weighted by molar-refractivity contribution is 6.44. The van der Waals surface area contributed by atoms with Crippen LogP contribution < -0.4 is 0 Å². The van der Waals surface area contributed by atoms with Crippen LogP contribution in [-0.4, -0.2) is 35.7 Å². The van der Waals surface area contributed by atoms with E-state index in [9.17, 15) is 4.79 Å².